The van der Waals surface area contributed by atoms with Crippen LogP contribution in [-0.2, 0) is 12.8 Å². The molecule has 0 spiro atoms. The van der Waals surface area contributed by atoms with Gasteiger partial charge in [0.2, 0.25) is 5.95 Å². The Kier molecular flexibility index (Phi) is 5.33. The van der Waals surface area contributed by atoms with Crippen LogP contribution in [-0.4, -0.2) is 35.1 Å². The zero-order valence-corrected chi connectivity index (χ0v) is 16.7. The van der Waals surface area contributed by atoms with Crippen molar-refractivity contribution in [3.8, 4) is 11.3 Å². The van der Waals surface area contributed by atoms with Gasteiger partial charge < -0.3 is 10.2 Å². The van der Waals surface area contributed by atoms with Crippen LogP contribution in [0.25, 0.3) is 11.3 Å². The van der Waals surface area contributed by atoms with E-state index in [4.69, 9.17) is 21.6 Å². The summed E-state index contributed by atoms with van der Waals surface area (Å²) in [5, 5.41) is 3.57. The van der Waals surface area contributed by atoms with Gasteiger partial charge in [-0.15, -0.1) is 0 Å². The molecule has 1 fully saturated rings. The highest BCUT2D eigenvalue weighted by Crippen LogP contribution is 2.33. The lowest BCUT2D eigenvalue weighted by Gasteiger charge is -2.39. The number of aromatic nitrogens is 2. The Morgan fingerprint density at radius 2 is 1.85 bits per heavy atom. The standard InChI is InChI=1S/C21H26ClFN4/c1-13-4-3-5-14(2)27(13)21-25-19-9-11-24-10-8-16(19)20(26-21)15-6-7-17(22)18(23)12-15/h6-7,12-14,24H,3-5,8-11H2,1-2H3/t13-,14+. The number of fused-ring (bicyclic) bond motifs is 1. The number of hydrogen-bond acceptors (Lipinski definition) is 4. The minimum atomic E-state index is -0.408. The molecular weight excluding hydrogens is 363 g/mol. The van der Waals surface area contributed by atoms with Gasteiger partial charge in [0.25, 0.3) is 0 Å². The van der Waals surface area contributed by atoms with Gasteiger partial charge >= 0.3 is 0 Å². The summed E-state index contributed by atoms with van der Waals surface area (Å²) < 4.78 is 14.2. The van der Waals surface area contributed by atoms with Gasteiger partial charge in [0, 0.05) is 36.2 Å². The maximum Gasteiger partial charge on any atom is 0.226 e. The van der Waals surface area contributed by atoms with Crippen LogP contribution in [0.15, 0.2) is 18.2 Å². The molecule has 6 heteroatoms. The molecule has 0 saturated carbocycles. The van der Waals surface area contributed by atoms with Crippen LogP contribution in [0.3, 0.4) is 0 Å². The number of nitrogens with zero attached hydrogens (tertiary/aromatic N) is 3. The van der Waals surface area contributed by atoms with E-state index < -0.39 is 5.82 Å². The lowest BCUT2D eigenvalue weighted by Crippen LogP contribution is -2.45. The Labute approximate surface area is 165 Å². The minimum Gasteiger partial charge on any atom is -0.335 e. The molecule has 0 bridgehead atoms. The number of rotatable bonds is 2. The van der Waals surface area contributed by atoms with Crippen LogP contribution in [0.4, 0.5) is 10.3 Å². The largest absolute Gasteiger partial charge is 0.335 e. The van der Waals surface area contributed by atoms with Gasteiger partial charge in [-0.05, 0) is 58.2 Å². The summed E-state index contributed by atoms with van der Waals surface area (Å²) in [5.74, 6) is 0.371. The molecule has 1 aromatic carbocycles. The van der Waals surface area contributed by atoms with Gasteiger partial charge in [0.15, 0.2) is 0 Å². The van der Waals surface area contributed by atoms with Crippen molar-refractivity contribution in [1.82, 2.24) is 15.3 Å². The van der Waals surface area contributed by atoms with E-state index in [1.165, 1.54) is 12.5 Å². The normalized spacial score (nSPS) is 23.0. The quantitative estimate of drug-likeness (QED) is 0.828. The van der Waals surface area contributed by atoms with Crippen LogP contribution < -0.4 is 10.2 Å². The third-order valence-corrected chi connectivity index (χ3v) is 6.10. The molecule has 1 N–H and O–H groups in total. The summed E-state index contributed by atoms with van der Waals surface area (Å²) >= 11 is 5.90. The molecule has 1 aromatic heterocycles. The summed E-state index contributed by atoms with van der Waals surface area (Å²) in [7, 11) is 0. The van der Waals surface area contributed by atoms with E-state index in [-0.39, 0.29) is 5.02 Å². The molecular formula is C21H26ClFN4. The van der Waals surface area contributed by atoms with Crippen molar-refractivity contribution in [2.75, 3.05) is 18.0 Å². The van der Waals surface area contributed by atoms with Crippen LogP contribution in [0, 0.1) is 5.82 Å². The van der Waals surface area contributed by atoms with Crippen LogP contribution in [0.1, 0.15) is 44.4 Å². The first-order chi connectivity index (χ1) is 13.0. The monoisotopic (exact) mass is 388 g/mol. The van der Waals surface area contributed by atoms with Gasteiger partial charge in [-0.2, -0.15) is 0 Å². The topological polar surface area (TPSA) is 41.1 Å². The minimum absolute atomic E-state index is 0.138. The highest BCUT2D eigenvalue weighted by atomic mass is 35.5. The van der Waals surface area contributed by atoms with Crippen LogP contribution in [0.5, 0.6) is 0 Å². The second-order valence-electron chi connectivity index (χ2n) is 7.71. The predicted octanol–water partition coefficient (Wildman–Crippen LogP) is 4.39. The zero-order chi connectivity index (χ0) is 19.0. The molecule has 2 aliphatic heterocycles. The van der Waals surface area contributed by atoms with Crippen molar-refractivity contribution in [2.24, 2.45) is 0 Å². The van der Waals surface area contributed by atoms with Crippen molar-refractivity contribution < 1.29 is 4.39 Å². The molecule has 0 amide bonds. The van der Waals surface area contributed by atoms with Crippen molar-refractivity contribution in [3.05, 3.63) is 40.3 Å². The van der Waals surface area contributed by atoms with E-state index in [1.807, 2.05) is 6.07 Å². The average molecular weight is 389 g/mol. The molecule has 2 aliphatic rings. The molecule has 4 nitrogen and oxygen atoms in total. The van der Waals surface area contributed by atoms with Gasteiger partial charge in [-0.1, -0.05) is 17.7 Å². The van der Waals surface area contributed by atoms with Crippen molar-refractivity contribution >= 4 is 17.5 Å². The molecule has 144 valence electrons. The molecule has 0 unspecified atom stereocenters. The number of benzene rings is 1. The summed E-state index contributed by atoms with van der Waals surface area (Å²) in [4.78, 5) is 12.3. The molecule has 27 heavy (non-hydrogen) atoms. The second kappa shape index (κ2) is 7.72. The van der Waals surface area contributed by atoms with E-state index in [0.29, 0.717) is 12.1 Å². The van der Waals surface area contributed by atoms with Gasteiger partial charge in [0.05, 0.1) is 16.4 Å². The molecule has 0 radical (unpaired) electrons. The van der Waals surface area contributed by atoms with Gasteiger partial charge in [-0.25, -0.2) is 14.4 Å². The lowest BCUT2D eigenvalue weighted by atomic mass is 9.97. The van der Waals surface area contributed by atoms with Gasteiger partial charge in [-0.3, -0.25) is 0 Å². The Hall–Kier alpha value is -1.72. The first-order valence-electron chi connectivity index (χ1n) is 9.89. The van der Waals surface area contributed by atoms with Crippen molar-refractivity contribution in [2.45, 2.75) is 58.0 Å². The summed E-state index contributed by atoms with van der Waals surface area (Å²) in [5.41, 5.74) is 3.83. The zero-order valence-electron chi connectivity index (χ0n) is 15.9. The molecule has 4 rings (SSSR count). The highest BCUT2D eigenvalue weighted by molar-refractivity contribution is 6.30. The lowest BCUT2D eigenvalue weighted by molar-refractivity contribution is 0.407. The fourth-order valence-corrected chi connectivity index (χ4v) is 4.46. The molecule has 1 saturated heterocycles. The second-order valence-corrected chi connectivity index (χ2v) is 8.12. The highest BCUT2D eigenvalue weighted by Gasteiger charge is 2.29. The van der Waals surface area contributed by atoms with E-state index in [0.717, 1.165) is 67.2 Å². The number of hydrogen-bond donors (Lipinski definition) is 1. The smallest absolute Gasteiger partial charge is 0.226 e. The Balaban J connectivity index is 1.86. The fourth-order valence-electron chi connectivity index (χ4n) is 4.35. The van der Waals surface area contributed by atoms with E-state index in [1.54, 1.807) is 6.07 Å². The molecule has 0 aliphatic carbocycles. The third-order valence-electron chi connectivity index (χ3n) is 5.79. The number of anilines is 1. The Morgan fingerprint density at radius 1 is 1.11 bits per heavy atom. The van der Waals surface area contributed by atoms with E-state index in [2.05, 4.69) is 24.1 Å². The van der Waals surface area contributed by atoms with Gasteiger partial charge in [0.1, 0.15) is 5.82 Å². The number of halogens is 2. The summed E-state index contributed by atoms with van der Waals surface area (Å²) in [6.45, 7) is 6.28. The number of nitrogens with one attached hydrogen (secondary N) is 1. The SMILES string of the molecule is C[C@@H]1CCC[C@H](C)N1c1nc2c(c(-c3ccc(Cl)c(F)c3)n1)CCNCC2. The molecule has 2 aromatic rings. The maximum atomic E-state index is 14.2. The summed E-state index contributed by atoms with van der Waals surface area (Å²) in [6.07, 6.45) is 5.25. The average Bonchev–Trinajstić information content (AvgIpc) is 2.89. The Morgan fingerprint density at radius 3 is 2.59 bits per heavy atom. The maximum absolute atomic E-state index is 14.2. The van der Waals surface area contributed by atoms with E-state index in [9.17, 15) is 4.39 Å². The summed E-state index contributed by atoms with van der Waals surface area (Å²) in [6, 6.07) is 5.78. The third kappa shape index (κ3) is 3.67. The van der Waals surface area contributed by atoms with Crippen LogP contribution >= 0.6 is 11.6 Å². The van der Waals surface area contributed by atoms with Crippen molar-refractivity contribution in [3.63, 3.8) is 0 Å². The number of piperidine rings is 1. The predicted molar refractivity (Wildman–Crippen MR) is 108 cm³/mol. The van der Waals surface area contributed by atoms with Crippen molar-refractivity contribution in [1.29, 1.82) is 0 Å². The van der Waals surface area contributed by atoms with Crippen LogP contribution in [0.2, 0.25) is 5.02 Å². The fraction of sp³-hybridized carbons (Fsp3) is 0.524. The first kappa shape index (κ1) is 18.6. The first-order valence-corrected chi connectivity index (χ1v) is 10.3. The molecule has 2 atom stereocenters. The molecule has 3 heterocycles. The van der Waals surface area contributed by atoms with E-state index >= 15 is 0 Å². The Bertz CT molecular complexity index is 831.